The van der Waals surface area contributed by atoms with Crippen LogP contribution in [-0.2, 0) is 21.4 Å². The highest BCUT2D eigenvalue weighted by Crippen LogP contribution is 2.44. The molecule has 34 heavy (non-hydrogen) atoms. The van der Waals surface area contributed by atoms with Gasteiger partial charge in [0, 0.05) is 47.4 Å². The number of halogens is 1. The molecular weight excluding hydrogens is 470 g/mol. The van der Waals surface area contributed by atoms with Crippen LogP contribution in [-0.4, -0.2) is 41.4 Å². The van der Waals surface area contributed by atoms with Gasteiger partial charge in [0.05, 0.1) is 16.9 Å². The number of fused-ring (bicyclic) bond motifs is 3. The Morgan fingerprint density at radius 1 is 1.26 bits per heavy atom. The molecule has 4 rings (SSSR count). The number of carbonyl (C=O) groups is 2. The number of hydrogen-bond donors (Lipinski definition) is 1. The van der Waals surface area contributed by atoms with Crippen LogP contribution in [0.4, 0.5) is 5.69 Å². The van der Waals surface area contributed by atoms with Gasteiger partial charge >= 0.3 is 0 Å². The van der Waals surface area contributed by atoms with E-state index in [-0.39, 0.29) is 23.7 Å². The molecule has 1 atom stereocenters. The standard InChI is InChI=1S/C26H30ClN3O3S/c1-16(2)33-13-7-12-28-25(32)24-23-19-8-5-6-9-21(19)29(4)26(23)34-15-22(31)30(24)20-11-10-18(27)14-17(20)3/h5-6,8-11,14,16,24H,7,12-13,15H2,1-4H3,(H,28,32)/t24-/m1/s1. The molecule has 0 aliphatic carbocycles. The number of aryl methyl sites for hydroxylation is 2. The van der Waals surface area contributed by atoms with Crippen LogP contribution in [0.25, 0.3) is 10.9 Å². The summed E-state index contributed by atoms with van der Waals surface area (Å²) < 4.78 is 7.69. The van der Waals surface area contributed by atoms with E-state index in [9.17, 15) is 9.59 Å². The quantitative estimate of drug-likeness (QED) is 0.451. The number of hydrogen-bond acceptors (Lipinski definition) is 4. The smallest absolute Gasteiger partial charge is 0.247 e. The highest BCUT2D eigenvalue weighted by molar-refractivity contribution is 8.00. The van der Waals surface area contributed by atoms with Crippen molar-refractivity contribution in [1.29, 1.82) is 0 Å². The van der Waals surface area contributed by atoms with E-state index in [1.165, 1.54) is 11.8 Å². The number of para-hydroxylation sites is 1. The van der Waals surface area contributed by atoms with Gasteiger partial charge in [0.2, 0.25) is 11.8 Å². The molecule has 0 bridgehead atoms. The fraction of sp³-hybridized carbons (Fsp3) is 0.385. The summed E-state index contributed by atoms with van der Waals surface area (Å²) in [4.78, 5) is 28.9. The first kappa shape index (κ1) is 24.6. The zero-order valence-electron chi connectivity index (χ0n) is 19.9. The summed E-state index contributed by atoms with van der Waals surface area (Å²) in [7, 11) is 1.99. The van der Waals surface area contributed by atoms with E-state index in [2.05, 4.69) is 9.88 Å². The van der Waals surface area contributed by atoms with Crippen molar-refractivity contribution in [3.8, 4) is 0 Å². The van der Waals surface area contributed by atoms with E-state index in [0.717, 1.165) is 27.1 Å². The molecule has 2 aromatic carbocycles. The third kappa shape index (κ3) is 4.83. The van der Waals surface area contributed by atoms with Gasteiger partial charge in [0.1, 0.15) is 6.04 Å². The number of rotatable bonds is 7. The fourth-order valence-electron chi connectivity index (χ4n) is 4.42. The molecule has 2 heterocycles. The third-order valence-corrected chi connectivity index (χ3v) is 7.36. The molecule has 180 valence electrons. The van der Waals surface area contributed by atoms with Crippen LogP contribution in [0.5, 0.6) is 0 Å². The number of thioether (sulfide) groups is 1. The van der Waals surface area contributed by atoms with E-state index in [1.807, 2.05) is 64.2 Å². The molecule has 0 radical (unpaired) electrons. The van der Waals surface area contributed by atoms with E-state index >= 15 is 0 Å². The Morgan fingerprint density at radius 3 is 2.76 bits per heavy atom. The van der Waals surface area contributed by atoms with Crippen molar-refractivity contribution in [2.45, 2.75) is 44.4 Å². The first-order valence-electron chi connectivity index (χ1n) is 11.5. The summed E-state index contributed by atoms with van der Waals surface area (Å²) in [6, 6.07) is 12.6. The van der Waals surface area contributed by atoms with Crippen LogP contribution in [0.2, 0.25) is 5.02 Å². The lowest BCUT2D eigenvalue weighted by Gasteiger charge is -2.31. The van der Waals surface area contributed by atoms with Gasteiger partial charge < -0.3 is 14.6 Å². The van der Waals surface area contributed by atoms with E-state index in [0.29, 0.717) is 30.3 Å². The zero-order valence-corrected chi connectivity index (χ0v) is 21.5. The monoisotopic (exact) mass is 499 g/mol. The van der Waals surface area contributed by atoms with Gasteiger partial charge in [0.15, 0.2) is 0 Å². The largest absolute Gasteiger partial charge is 0.379 e. The van der Waals surface area contributed by atoms with Gasteiger partial charge in [-0.25, -0.2) is 0 Å². The highest BCUT2D eigenvalue weighted by Gasteiger charge is 2.40. The van der Waals surface area contributed by atoms with Crippen molar-refractivity contribution in [1.82, 2.24) is 9.88 Å². The van der Waals surface area contributed by atoms with Crippen molar-refractivity contribution in [2.24, 2.45) is 7.05 Å². The molecule has 8 heteroatoms. The van der Waals surface area contributed by atoms with Crippen LogP contribution in [0.3, 0.4) is 0 Å². The van der Waals surface area contributed by atoms with Gasteiger partial charge in [-0.15, -0.1) is 0 Å². The van der Waals surface area contributed by atoms with Crippen LogP contribution in [0, 0.1) is 6.92 Å². The average Bonchev–Trinajstić information content (AvgIpc) is 2.97. The lowest BCUT2D eigenvalue weighted by Crippen LogP contribution is -2.44. The number of amides is 2. The third-order valence-electron chi connectivity index (χ3n) is 5.96. The summed E-state index contributed by atoms with van der Waals surface area (Å²) in [5, 5.41) is 5.57. The van der Waals surface area contributed by atoms with E-state index in [4.69, 9.17) is 16.3 Å². The van der Waals surface area contributed by atoms with Gasteiger partial charge in [-0.05, 0) is 57.0 Å². The second kappa shape index (κ2) is 10.4. The number of anilines is 1. The molecule has 0 unspecified atom stereocenters. The number of nitrogens with zero attached hydrogens (tertiary/aromatic N) is 2. The second-order valence-corrected chi connectivity index (χ2v) is 10.1. The lowest BCUT2D eigenvalue weighted by atomic mass is 10.0. The number of carbonyl (C=O) groups excluding carboxylic acids is 2. The molecule has 3 aromatic rings. The molecule has 1 aliphatic rings. The minimum atomic E-state index is -0.797. The minimum Gasteiger partial charge on any atom is -0.379 e. The first-order valence-corrected chi connectivity index (χ1v) is 12.8. The Balaban J connectivity index is 1.79. The van der Waals surface area contributed by atoms with Crippen LogP contribution < -0.4 is 10.2 Å². The first-order chi connectivity index (χ1) is 16.3. The lowest BCUT2D eigenvalue weighted by molar-refractivity contribution is -0.125. The summed E-state index contributed by atoms with van der Waals surface area (Å²) in [5.74, 6) is -0.0723. The topological polar surface area (TPSA) is 63.6 Å². The minimum absolute atomic E-state index is 0.112. The number of ether oxygens (including phenoxy) is 1. The fourth-order valence-corrected chi connectivity index (χ4v) is 5.72. The molecule has 1 aromatic heterocycles. The van der Waals surface area contributed by atoms with Crippen molar-refractivity contribution < 1.29 is 14.3 Å². The molecule has 1 aliphatic heterocycles. The van der Waals surface area contributed by atoms with Gasteiger partial charge in [-0.2, -0.15) is 0 Å². The maximum absolute atomic E-state index is 13.8. The molecule has 1 N–H and O–H groups in total. The highest BCUT2D eigenvalue weighted by atomic mass is 35.5. The summed E-state index contributed by atoms with van der Waals surface area (Å²) in [6.45, 7) is 6.92. The number of benzene rings is 2. The summed E-state index contributed by atoms with van der Waals surface area (Å²) in [6.07, 6.45) is 0.843. The summed E-state index contributed by atoms with van der Waals surface area (Å²) in [5.41, 5.74) is 3.43. The molecule has 0 spiro atoms. The predicted molar refractivity (Wildman–Crippen MR) is 139 cm³/mol. The number of aromatic nitrogens is 1. The Labute approximate surface area is 209 Å². The van der Waals surface area contributed by atoms with Gasteiger partial charge in [0.25, 0.3) is 0 Å². The van der Waals surface area contributed by atoms with E-state index < -0.39 is 6.04 Å². The van der Waals surface area contributed by atoms with Gasteiger partial charge in [-0.3, -0.25) is 14.5 Å². The Kier molecular flexibility index (Phi) is 7.55. The summed E-state index contributed by atoms with van der Waals surface area (Å²) >= 11 is 7.68. The molecule has 6 nitrogen and oxygen atoms in total. The SMILES string of the molecule is Cc1cc(Cl)ccc1N1C(=O)CSc2c(c3ccccc3n2C)[C@@H]1C(=O)NCCCOC(C)C. The van der Waals surface area contributed by atoms with Crippen LogP contribution in [0.15, 0.2) is 47.5 Å². The predicted octanol–water partition coefficient (Wildman–Crippen LogP) is 5.25. The van der Waals surface area contributed by atoms with Crippen LogP contribution in [0.1, 0.15) is 37.4 Å². The number of nitrogens with one attached hydrogen (secondary N) is 1. The molecule has 2 amide bonds. The van der Waals surface area contributed by atoms with Crippen molar-refractivity contribution in [3.05, 3.63) is 58.6 Å². The normalized spacial score (nSPS) is 16.1. The molecule has 0 fully saturated rings. The Bertz CT molecular complexity index is 1220. The molecule has 0 saturated carbocycles. The maximum Gasteiger partial charge on any atom is 0.247 e. The molecular formula is C26H30ClN3O3S. The van der Waals surface area contributed by atoms with Crippen molar-refractivity contribution in [2.75, 3.05) is 23.8 Å². The Morgan fingerprint density at radius 2 is 2.03 bits per heavy atom. The van der Waals surface area contributed by atoms with Crippen molar-refractivity contribution in [3.63, 3.8) is 0 Å². The zero-order chi connectivity index (χ0) is 24.4. The van der Waals surface area contributed by atoms with E-state index in [1.54, 1.807) is 11.0 Å². The van der Waals surface area contributed by atoms with Crippen molar-refractivity contribution >= 4 is 51.8 Å². The average molecular weight is 500 g/mol. The Hall–Kier alpha value is -2.48. The van der Waals surface area contributed by atoms with Gasteiger partial charge in [-0.1, -0.05) is 41.6 Å². The molecule has 0 saturated heterocycles. The van der Waals surface area contributed by atoms with Crippen LogP contribution >= 0.6 is 23.4 Å². The second-order valence-electron chi connectivity index (χ2n) is 8.74. The maximum atomic E-state index is 13.8.